The Labute approximate surface area is 119 Å². The van der Waals surface area contributed by atoms with Crippen LogP contribution in [0.5, 0.6) is 0 Å². The molecule has 2 rings (SSSR count). The first-order chi connectivity index (χ1) is 9.33. The fourth-order valence-corrected chi connectivity index (χ4v) is 3.84. The van der Waals surface area contributed by atoms with Crippen molar-refractivity contribution < 1.29 is 12.9 Å². The fourth-order valence-electron chi connectivity index (χ4n) is 2.29. The maximum Gasteiger partial charge on any atom is 0.246 e. The number of rotatable bonds is 4. The Kier molecular flexibility index (Phi) is 3.96. The molecule has 0 amide bonds. The van der Waals surface area contributed by atoms with Gasteiger partial charge in [-0.3, -0.25) is 0 Å². The predicted molar refractivity (Wildman–Crippen MR) is 75.9 cm³/mol. The number of nitrogens with zero attached hydrogens (tertiary/aromatic N) is 1. The molecule has 1 atom stereocenters. The van der Waals surface area contributed by atoms with E-state index in [-0.39, 0.29) is 10.9 Å². The van der Waals surface area contributed by atoms with E-state index in [2.05, 4.69) is 9.88 Å². The van der Waals surface area contributed by atoms with Crippen molar-refractivity contribution in [3.8, 4) is 0 Å². The molecule has 0 saturated carbocycles. The summed E-state index contributed by atoms with van der Waals surface area (Å²) in [5.41, 5.74) is 2.36. The lowest BCUT2D eigenvalue weighted by Gasteiger charge is -2.16. The van der Waals surface area contributed by atoms with Crippen molar-refractivity contribution in [1.29, 1.82) is 0 Å². The largest absolute Gasteiger partial charge is 0.360 e. The third kappa shape index (κ3) is 2.76. The van der Waals surface area contributed by atoms with Gasteiger partial charge in [0.25, 0.3) is 0 Å². The quantitative estimate of drug-likeness (QED) is 0.941. The highest BCUT2D eigenvalue weighted by Gasteiger charge is 2.26. The molecule has 1 heterocycles. The number of hydrogen-bond acceptors (Lipinski definition) is 4. The van der Waals surface area contributed by atoms with E-state index in [0.717, 1.165) is 11.1 Å². The topological polar surface area (TPSA) is 72.2 Å². The zero-order valence-corrected chi connectivity index (χ0v) is 12.8. The second-order valence-electron chi connectivity index (χ2n) is 4.85. The first-order valence-electron chi connectivity index (χ1n) is 6.33. The minimum atomic E-state index is -3.65. The van der Waals surface area contributed by atoms with Gasteiger partial charge in [-0.2, -0.15) is 0 Å². The van der Waals surface area contributed by atoms with Gasteiger partial charge in [-0.25, -0.2) is 13.1 Å². The highest BCUT2D eigenvalue weighted by atomic mass is 32.2. The van der Waals surface area contributed by atoms with Gasteiger partial charge in [-0.1, -0.05) is 29.4 Å². The number of benzene rings is 1. The molecular formula is C14H18N2O3S. The Bertz CT molecular complexity index is 700. The van der Waals surface area contributed by atoms with Crippen molar-refractivity contribution in [1.82, 2.24) is 9.88 Å². The maximum atomic E-state index is 12.4. The van der Waals surface area contributed by atoms with Gasteiger partial charge < -0.3 is 4.52 Å². The molecule has 2 aromatic rings. The van der Waals surface area contributed by atoms with Crippen molar-refractivity contribution in [3.05, 3.63) is 46.8 Å². The molecule has 1 N–H and O–H groups in total. The molecule has 0 aliphatic carbocycles. The summed E-state index contributed by atoms with van der Waals surface area (Å²) < 4.78 is 32.4. The van der Waals surface area contributed by atoms with Crippen LogP contribution in [0.3, 0.4) is 0 Å². The van der Waals surface area contributed by atoms with Gasteiger partial charge in [0.2, 0.25) is 10.0 Å². The van der Waals surface area contributed by atoms with Crippen LogP contribution in [0.15, 0.2) is 33.7 Å². The van der Waals surface area contributed by atoms with E-state index in [9.17, 15) is 8.42 Å². The van der Waals surface area contributed by atoms with Crippen LogP contribution >= 0.6 is 0 Å². The molecule has 5 nitrogen and oxygen atoms in total. The lowest BCUT2D eigenvalue weighted by Crippen LogP contribution is -2.28. The number of aromatic nitrogens is 1. The summed E-state index contributed by atoms with van der Waals surface area (Å²) in [5, 5.41) is 3.69. The molecule has 0 aliphatic rings. The van der Waals surface area contributed by atoms with Crippen LogP contribution in [0.4, 0.5) is 0 Å². The summed E-state index contributed by atoms with van der Waals surface area (Å²) in [6.07, 6.45) is 0. The van der Waals surface area contributed by atoms with Gasteiger partial charge in [0.1, 0.15) is 10.6 Å². The zero-order valence-electron chi connectivity index (χ0n) is 12.0. The molecule has 0 bridgehead atoms. The second kappa shape index (κ2) is 5.38. The average molecular weight is 294 g/mol. The third-order valence-corrected chi connectivity index (χ3v) is 5.01. The summed E-state index contributed by atoms with van der Waals surface area (Å²) in [7, 11) is -3.65. The van der Waals surface area contributed by atoms with Crippen LogP contribution in [0.1, 0.15) is 35.5 Å². The summed E-state index contributed by atoms with van der Waals surface area (Å²) in [5.74, 6) is 0.298. The van der Waals surface area contributed by atoms with Crippen LogP contribution in [0.25, 0.3) is 0 Å². The van der Waals surface area contributed by atoms with E-state index in [4.69, 9.17) is 4.52 Å². The zero-order chi connectivity index (χ0) is 14.9. The number of sulfonamides is 1. The van der Waals surface area contributed by atoms with Gasteiger partial charge in [0.15, 0.2) is 5.76 Å². The van der Waals surface area contributed by atoms with Crippen LogP contribution < -0.4 is 4.72 Å². The Morgan fingerprint density at radius 3 is 2.40 bits per heavy atom. The van der Waals surface area contributed by atoms with Crippen molar-refractivity contribution in [2.24, 2.45) is 0 Å². The smallest absolute Gasteiger partial charge is 0.246 e. The minimum absolute atomic E-state index is 0.123. The molecule has 0 saturated heterocycles. The van der Waals surface area contributed by atoms with Gasteiger partial charge >= 0.3 is 0 Å². The average Bonchev–Trinajstić information content (AvgIpc) is 2.69. The lowest BCUT2D eigenvalue weighted by molar-refractivity contribution is 0.390. The van der Waals surface area contributed by atoms with E-state index in [0.29, 0.717) is 11.5 Å². The normalized spacial score (nSPS) is 13.4. The van der Waals surface area contributed by atoms with Gasteiger partial charge in [0, 0.05) is 6.04 Å². The summed E-state index contributed by atoms with van der Waals surface area (Å²) >= 11 is 0. The SMILES string of the molecule is Cc1ccccc1[C@H](C)NS(=O)(=O)c1c(C)noc1C. The maximum absolute atomic E-state index is 12.4. The van der Waals surface area contributed by atoms with Crippen molar-refractivity contribution in [2.75, 3.05) is 0 Å². The first kappa shape index (κ1) is 14.7. The van der Waals surface area contributed by atoms with E-state index in [1.165, 1.54) is 0 Å². The van der Waals surface area contributed by atoms with Gasteiger partial charge in [-0.15, -0.1) is 0 Å². The Morgan fingerprint density at radius 1 is 1.20 bits per heavy atom. The number of aryl methyl sites for hydroxylation is 3. The summed E-state index contributed by atoms with van der Waals surface area (Å²) in [6, 6.07) is 7.36. The van der Waals surface area contributed by atoms with Gasteiger partial charge in [0.05, 0.1) is 0 Å². The van der Waals surface area contributed by atoms with E-state index < -0.39 is 10.0 Å². The molecule has 20 heavy (non-hydrogen) atoms. The second-order valence-corrected chi connectivity index (χ2v) is 6.50. The molecule has 6 heteroatoms. The summed E-state index contributed by atoms with van der Waals surface area (Å²) in [6.45, 7) is 6.98. The molecule has 108 valence electrons. The molecule has 0 unspecified atom stereocenters. The molecule has 1 aromatic heterocycles. The Hall–Kier alpha value is -1.66. The highest BCUT2D eigenvalue weighted by molar-refractivity contribution is 7.89. The van der Waals surface area contributed by atoms with E-state index >= 15 is 0 Å². The summed E-state index contributed by atoms with van der Waals surface area (Å²) in [4.78, 5) is 0.123. The highest BCUT2D eigenvalue weighted by Crippen LogP contribution is 2.23. The van der Waals surface area contributed by atoms with Crippen LogP contribution in [0.2, 0.25) is 0 Å². The lowest BCUT2D eigenvalue weighted by atomic mass is 10.0. The van der Waals surface area contributed by atoms with E-state index in [1.54, 1.807) is 13.8 Å². The number of hydrogen-bond donors (Lipinski definition) is 1. The monoisotopic (exact) mass is 294 g/mol. The molecule has 0 radical (unpaired) electrons. The molecule has 1 aromatic carbocycles. The van der Waals surface area contributed by atoms with Crippen LogP contribution in [0, 0.1) is 20.8 Å². The van der Waals surface area contributed by atoms with Crippen molar-refractivity contribution in [3.63, 3.8) is 0 Å². The molecule has 0 fully saturated rings. The van der Waals surface area contributed by atoms with Crippen LogP contribution in [-0.2, 0) is 10.0 Å². The third-order valence-electron chi connectivity index (χ3n) is 3.22. The molecule has 0 aliphatic heterocycles. The first-order valence-corrected chi connectivity index (χ1v) is 7.82. The Balaban J connectivity index is 2.32. The van der Waals surface area contributed by atoms with E-state index in [1.807, 2.05) is 38.1 Å². The van der Waals surface area contributed by atoms with Crippen molar-refractivity contribution >= 4 is 10.0 Å². The standard InChI is InChI=1S/C14H18N2O3S/c1-9-7-5-6-8-13(9)10(2)16-20(17,18)14-11(3)15-19-12(14)4/h5-8,10,16H,1-4H3/t10-/m0/s1. The Morgan fingerprint density at radius 2 is 1.85 bits per heavy atom. The van der Waals surface area contributed by atoms with Crippen LogP contribution in [-0.4, -0.2) is 13.6 Å². The predicted octanol–water partition coefficient (Wildman–Crippen LogP) is 2.64. The van der Waals surface area contributed by atoms with Gasteiger partial charge in [-0.05, 0) is 38.8 Å². The van der Waals surface area contributed by atoms with Crippen molar-refractivity contribution in [2.45, 2.75) is 38.6 Å². The number of nitrogens with one attached hydrogen (secondary N) is 1. The molecule has 0 spiro atoms. The minimum Gasteiger partial charge on any atom is -0.360 e. The molecular weight excluding hydrogens is 276 g/mol. The fraction of sp³-hybridized carbons (Fsp3) is 0.357.